The minimum Gasteiger partial charge on any atom is -0.383 e. The largest absolute Gasteiger partial charge is 0.383 e. The first kappa shape index (κ1) is 10.2. The van der Waals surface area contributed by atoms with Crippen LogP contribution in [0.25, 0.3) is 0 Å². The monoisotopic (exact) mass is 191 g/mol. The molecule has 0 saturated heterocycles. The number of amides is 1. The van der Waals surface area contributed by atoms with Gasteiger partial charge in [0, 0.05) is 0 Å². The SMILES string of the molecule is C=CC(=O)Nc1cnc(N)c(CC)c1. The molecule has 0 aromatic carbocycles. The minimum absolute atomic E-state index is 0.251. The number of nitrogens with two attached hydrogens (primary N) is 1. The molecule has 4 nitrogen and oxygen atoms in total. The number of aromatic nitrogens is 1. The number of nitrogens with zero attached hydrogens (tertiary/aromatic N) is 1. The average Bonchev–Trinajstić information content (AvgIpc) is 2.20. The summed E-state index contributed by atoms with van der Waals surface area (Å²) in [5.74, 6) is 0.253. The van der Waals surface area contributed by atoms with E-state index in [0.29, 0.717) is 11.5 Å². The summed E-state index contributed by atoms with van der Waals surface area (Å²) in [6, 6.07) is 1.81. The van der Waals surface area contributed by atoms with Crippen LogP contribution in [-0.2, 0) is 11.2 Å². The number of hydrogen-bond acceptors (Lipinski definition) is 3. The third-order valence-corrected chi connectivity index (χ3v) is 1.84. The summed E-state index contributed by atoms with van der Waals surface area (Å²) >= 11 is 0. The van der Waals surface area contributed by atoms with Crippen LogP contribution in [0.15, 0.2) is 24.9 Å². The lowest BCUT2D eigenvalue weighted by Gasteiger charge is -2.05. The summed E-state index contributed by atoms with van der Waals surface area (Å²) in [7, 11) is 0. The molecule has 0 unspecified atom stereocenters. The van der Waals surface area contributed by atoms with Crippen LogP contribution in [-0.4, -0.2) is 10.9 Å². The van der Waals surface area contributed by atoms with Crippen LogP contribution in [0.2, 0.25) is 0 Å². The molecule has 0 aliphatic heterocycles. The van der Waals surface area contributed by atoms with Gasteiger partial charge in [0.15, 0.2) is 0 Å². The maximum atomic E-state index is 11.0. The van der Waals surface area contributed by atoms with Crippen molar-refractivity contribution in [3.05, 3.63) is 30.5 Å². The molecular weight excluding hydrogens is 178 g/mol. The summed E-state index contributed by atoms with van der Waals surface area (Å²) in [6.45, 7) is 5.34. The lowest BCUT2D eigenvalue weighted by atomic mass is 10.2. The molecule has 0 atom stereocenters. The summed E-state index contributed by atoms with van der Waals surface area (Å²) in [5.41, 5.74) is 7.18. The van der Waals surface area contributed by atoms with Crippen molar-refractivity contribution in [1.82, 2.24) is 4.98 Å². The highest BCUT2D eigenvalue weighted by Crippen LogP contribution is 2.14. The Bertz CT molecular complexity index is 360. The summed E-state index contributed by atoms with van der Waals surface area (Å²) in [6.07, 6.45) is 3.52. The average molecular weight is 191 g/mol. The number of rotatable bonds is 3. The van der Waals surface area contributed by atoms with Gasteiger partial charge < -0.3 is 11.1 Å². The molecule has 0 aliphatic rings. The van der Waals surface area contributed by atoms with E-state index in [1.165, 1.54) is 12.3 Å². The van der Waals surface area contributed by atoms with Crippen molar-refractivity contribution < 1.29 is 4.79 Å². The molecule has 3 N–H and O–H groups in total. The van der Waals surface area contributed by atoms with Crippen molar-refractivity contribution in [1.29, 1.82) is 0 Å². The van der Waals surface area contributed by atoms with Crippen LogP contribution in [0.5, 0.6) is 0 Å². The fourth-order valence-electron chi connectivity index (χ4n) is 1.07. The van der Waals surface area contributed by atoms with Gasteiger partial charge in [-0.05, 0) is 24.1 Å². The summed E-state index contributed by atoms with van der Waals surface area (Å²) < 4.78 is 0. The lowest BCUT2D eigenvalue weighted by Crippen LogP contribution is -2.08. The Morgan fingerprint density at radius 2 is 2.50 bits per heavy atom. The van der Waals surface area contributed by atoms with E-state index in [4.69, 9.17) is 5.73 Å². The zero-order valence-corrected chi connectivity index (χ0v) is 8.08. The van der Waals surface area contributed by atoms with Crippen LogP contribution in [0.4, 0.5) is 11.5 Å². The summed E-state index contributed by atoms with van der Waals surface area (Å²) in [5, 5.41) is 2.62. The van der Waals surface area contributed by atoms with E-state index in [-0.39, 0.29) is 5.91 Å². The summed E-state index contributed by atoms with van der Waals surface area (Å²) in [4.78, 5) is 14.9. The minimum atomic E-state index is -0.251. The normalized spacial score (nSPS) is 9.50. The molecule has 1 aromatic heterocycles. The Balaban J connectivity index is 2.89. The molecule has 14 heavy (non-hydrogen) atoms. The molecule has 74 valence electrons. The van der Waals surface area contributed by atoms with E-state index in [2.05, 4.69) is 16.9 Å². The maximum absolute atomic E-state index is 11.0. The zero-order valence-electron chi connectivity index (χ0n) is 8.08. The van der Waals surface area contributed by atoms with E-state index >= 15 is 0 Å². The second-order valence-corrected chi connectivity index (χ2v) is 2.82. The smallest absolute Gasteiger partial charge is 0.247 e. The van der Waals surface area contributed by atoms with Crippen LogP contribution < -0.4 is 11.1 Å². The number of carbonyl (C=O) groups excluding carboxylic acids is 1. The molecule has 0 bridgehead atoms. The Labute approximate surface area is 82.8 Å². The molecular formula is C10H13N3O. The standard InChI is InChI=1S/C10H13N3O/c1-3-7-5-8(6-12-10(7)11)13-9(14)4-2/h4-6H,2-3H2,1H3,(H2,11,12)(H,13,14). The molecule has 0 saturated carbocycles. The Morgan fingerprint density at radius 1 is 1.79 bits per heavy atom. The molecule has 1 amide bonds. The van der Waals surface area contributed by atoms with Crippen molar-refractivity contribution in [3.8, 4) is 0 Å². The number of nitrogens with one attached hydrogen (secondary N) is 1. The van der Waals surface area contributed by atoms with Gasteiger partial charge in [0.05, 0.1) is 11.9 Å². The number of pyridine rings is 1. The van der Waals surface area contributed by atoms with Gasteiger partial charge in [-0.1, -0.05) is 13.5 Å². The van der Waals surface area contributed by atoms with Crippen LogP contribution in [0.3, 0.4) is 0 Å². The molecule has 4 heteroatoms. The van der Waals surface area contributed by atoms with Gasteiger partial charge >= 0.3 is 0 Å². The van der Waals surface area contributed by atoms with E-state index in [9.17, 15) is 4.79 Å². The van der Waals surface area contributed by atoms with Gasteiger partial charge in [0.2, 0.25) is 5.91 Å². The molecule has 0 aliphatic carbocycles. The van der Waals surface area contributed by atoms with Crippen molar-refractivity contribution >= 4 is 17.4 Å². The topological polar surface area (TPSA) is 68.0 Å². The van der Waals surface area contributed by atoms with Gasteiger partial charge in [-0.15, -0.1) is 0 Å². The number of nitrogen functional groups attached to an aromatic ring is 1. The quantitative estimate of drug-likeness (QED) is 0.708. The first-order valence-corrected chi connectivity index (χ1v) is 4.35. The maximum Gasteiger partial charge on any atom is 0.247 e. The second kappa shape index (κ2) is 4.41. The number of carbonyl (C=O) groups is 1. The third kappa shape index (κ3) is 2.32. The Kier molecular flexibility index (Phi) is 3.23. The molecule has 0 fully saturated rings. The highest BCUT2D eigenvalue weighted by molar-refractivity contribution is 5.98. The predicted octanol–water partition coefficient (Wildman–Crippen LogP) is 1.35. The predicted molar refractivity (Wildman–Crippen MR) is 56.9 cm³/mol. The molecule has 0 radical (unpaired) electrons. The number of aryl methyl sites for hydroxylation is 1. The van der Waals surface area contributed by atoms with Crippen LogP contribution in [0, 0.1) is 0 Å². The molecule has 0 spiro atoms. The first-order valence-electron chi connectivity index (χ1n) is 4.35. The fourth-order valence-corrected chi connectivity index (χ4v) is 1.07. The van der Waals surface area contributed by atoms with Gasteiger partial charge in [0.25, 0.3) is 0 Å². The van der Waals surface area contributed by atoms with Gasteiger partial charge in [-0.3, -0.25) is 4.79 Å². The van der Waals surface area contributed by atoms with Crippen molar-refractivity contribution in [2.45, 2.75) is 13.3 Å². The Morgan fingerprint density at radius 3 is 3.07 bits per heavy atom. The van der Waals surface area contributed by atoms with Crippen LogP contribution >= 0.6 is 0 Å². The highest BCUT2D eigenvalue weighted by atomic mass is 16.1. The lowest BCUT2D eigenvalue weighted by molar-refractivity contribution is -0.111. The van der Waals surface area contributed by atoms with E-state index in [1.807, 2.05) is 13.0 Å². The van der Waals surface area contributed by atoms with Gasteiger partial charge in [-0.25, -0.2) is 4.98 Å². The van der Waals surface area contributed by atoms with Crippen LogP contribution in [0.1, 0.15) is 12.5 Å². The van der Waals surface area contributed by atoms with Gasteiger partial charge in [0.1, 0.15) is 5.82 Å². The van der Waals surface area contributed by atoms with E-state index in [1.54, 1.807) is 0 Å². The molecule has 1 heterocycles. The van der Waals surface area contributed by atoms with Gasteiger partial charge in [-0.2, -0.15) is 0 Å². The fraction of sp³-hybridized carbons (Fsp3) is 0.200. The van der Waals surface area contributed by atoms with E-state index in [0.717, 1.165) is 12.0 Å². The van der Waals surface area contributed by atoms with Crippen molar-refractivity contribution in [2.24, 2.45) is 0 Å². The van der Waals surface area contributed by atoms with Crippen molar-refractivity contribution in [2.75, 3.05) is 11.1 Å². The number of hydrogen-bond donors (Lipinski definition) is 2. The second-order valence-electron chi connectivity index (χ2n) is 2.82. The Hall–Kier alpha value is -1.84. The highest BCUT2D eigenvalue weighted by Gasteiger charge is 2.02. The number of anilines is 2. The first-order chi connectivity index (χ1) is 6.67. The van der Waals surface area contributed by atoms with Crippen molar-refractivity contribution in [3.63, 3.8) is 0 Å². The third-order valence-electron chi connectivity index (χ3n) is 1.84. The van der Waals surface area contributed by atoms with E-state index < -0.39 is 0 Å². The zero-order chi connectivity index (χ0) is 10.6. The molecule has 1 rings (SSSR count). The molecule has 1 aromatic rings.